The molecule has 18 heavy (non-hydrogen) atoms. The summed E-state index contributed by atoms with van der Waals surface area (Å²) in [6.45, 7) is 3.11. The van der Waals surface area contributed by atoms with Crippen molar-refractivity contribution < 1.29 is 17.9 Å². The van der Waals surface area contributed by atoms with E-state index >= 15 is 0 Å². The van der Waals surface area contributed by atoms with E-state index < -0.39 is 12.0 Å². The molecule has 1 saturated heterocycles. The Kier molecular flexibility index (Phi) is 3.70. The van der Waals surface area contributed by atoms with E-state index in [2.05, 4.69) is 15.3 Å². The maximum absolute atomic E-state index is 12.5. The van der Waals surface area contributed by atoms with E-state index in [1.54, 1.807) is 0 Å². The summed E-state index contributed by atoms with van der Waals surface area (Å²) in [5.74, 6) is -1.15. The smallest absolute Gasteiger partial charge is 0.451 e. The molecule has 1 N–H and O–H groups in total. The number of nitrogens with zero attached hydrogens (tertiary/aromatic N) is 2. The molecule has 2 heterocycles. The normalized spacial score (nSPS) is 17.8. The fraction of sp³-hybridized carbons (Fsp3) is 0.636. The van der Waals surface area contributed by atoms with Crippen molar-refractivity contribution in [1.29, 1.82) is 0 Å². The largest absolute Gasteiger partial charge is 0.474 e. The van der Waals surface area contributed by atoms with Crippen LogP contribution in [-0.2, 0) is 6.18 Å². The fourth-order valence-corrected chi connectivity index (χ4v) is 1.81. The Labute approximate surface area is 103 Å². The molecule has 0 amide bonds. The highest BCUT2D eigenvalue weighted by atomic mass is 19.4. The number of hydrogen-bond acceptors (Lipinski definition) is 4. The molecule has 1 aliphatic heterocycles. The van der Waals surface area contributed by atoms with Gasteiger partial charge in [0.25, 0.3) is 0 Å². The maximum atomic E-state index is 12.5. The molecule has 0 bridgehead atoms. The van der Waals surface area contributed by atoms with Crippen molar-refractivity contribution in [2.45, 2.75) is 32.0 Å². The number of rotatable bonds is 2. The van der Waals surface area contributed by atoms with Crippen molar-refractivity contribution in [2.75, 3.05) is 13.1 Å². The van der Waals surface area contributed by atoms with E-state index in [1.165, 1.54) is 13.0 Å². The van der Waals surface area contributed by atoms with E-state index in [9.17, 15) is 13.2 Å². The van der Waals surface area contributed by atoms with E-state index in [-0.39, 0.29) is 17.7 Å². The first-order valence-electron chi connectivity index (χ1n) is 5.75. The lowest BCUT2D eigenvalue weighted by atomic mass is 10.1. The van der Waals surface area contributed by atoms with Crippen LogP contribution in [0.25, 0.3) is 0 Å². The van der Waals surface area contributed by atoms with Crippen molar-refractivity contribution in [3.8, 4) is 5.88 Å². The second-order valence-electron chi connectivity index (χ2n) is 4.24. The minimum absolute atomic E-state index is 0.00160. The van der Waals surface area contributed by atoms with E-state index in [1.807, 2.05) is 0 Å². The topological polar surface area (TPSA) is 47.0 Å². The zero-order chi connectivity index (χ0) is 13.2. The van der Waals surface area contributed by atoms with Crippen LogP contribution in [-0.4, -0.2) is 29.2 Å². The minimum atomic E-state index is -4.54. The molecule has 7 heteroatoms. The summed E-state index contributed by atoms with van der Waals surface area (Å²) in [5.41, 5.74) is 0.251. The summed E-state index contributed by atoms with van der Waals surface area (Å²) < 4.78 is 43.1. The standard InChI is InChI=1S/C11H14F3N3O/c1-7-6-9(17-10(16-7)11(12,13)14)18-8-2-4-15-5-3-8/h6,8,15H,2-5H2,1H3. The molecule has 1 aromatic rings. The van der Waals surface area contributed by atoms with Gasteiger partial charge in [-0.2, -0.15) is 18.2 Å². The van der Waals surface area contributed by atoms with Crippen LogP contribution in [0, 0.1) is 6.92 Å². The van der Waals surface area contributed by atoms with Crippen LogP contribution in [0.15, 0.2) is 6.07 Å². The quantitative estimate of drug-likeness (QED) is 0.883. The summed E-state index contributed by atoms with van der Waals surface area (Å²) in [6, 6.07) is 1.43. The van der Waals surface area contributed by atoms with E-state index in [0.717, 1.165) is 25.9 Å². The second kappa shape index (κ2) is 5.09. The SMILES string of the molecule is Cc1cc(OC2CCNCC2)nc(C(F)(F)F)n1. The predicted molar refractivity (Wildman–Crippen MR) is 58.3 cm³/mol. The molecule has 1 fully saturated rings. The number of alkyl halides is 3. The first-order valence-corrected chi connectivity index (χ1v) is 5.75. The van der Waals surface area contributed by atoms with Crippen LogP contribution in [0.4, 0.5) is 13.2 Å². The molecule has 0 saturated carbocycles. The summed E-state index contributed by atoms with van der Waals surface area (Å²) in [6.07, 6.45) is -3.09. The van der Waals surface area contributed by atoms with Gasteiger partial charge in [0, 0.05) is 11.8 Å². The van der Waals surface area contributed by atoms with Gasteiger partial charge in [0.05, 0.1) is 0 Å². The number of aromatic nitrogens is 2. The first-order chi connectivity index (χ1) is 8.45. The summed E-state index contributed by atoms with van der Waals surface area (Å²) in [7, 11) is 0. The average Bonchev–Trinajstić information content (AvgIpc) is 2.28. The molecular weight excluding hydrogens is 247 g/mol. The lowest BCUT2D eigenvalue weighted by molar-refractivity contribution is -0.145. The van der Waals surface area contributed by atoms with Gasteiger partial charge in [0.1, 0.15) is 6.10 Å². The Hall–Kier alpha value is -1.37. The van der Waals surface area contributed by atoms with Crippen molar-refractivity contribution in [3.63, 3.8) is 0 Å². The third-order valence-corrected chi connectivity index (χ3v) is 2.66. The highest BCUT2D eigenvalue weighted by molar-refractivity contribution is 5.16. The van der Waals surface area contributed by atoms with Gasteiger partial charge in [0.2, 0.25) is 11.7 Å². The minimum Gasteiger partial charge on any atom is -0.474 e. The van der Waals surface area contributed by atoms with Gasteiger partial charge >= 0.3 is 6.18 Å². The molecular formula is C11H14F3N3O. The fourth-order valence-electron chi connectivity index (χ4n) is 1.81. The van der Waals surface area contributed by atoms with Crippen molar-refractivity contribution in [3.05, 3.63) is 17.6 Å². The number of piperidine rings is 1. The molecule has 0 radical (unpaired) electrons. The lowest BCUT2D eigenvalue weighted by Gasteiger charge is -2.23. The van der Waals surface area contributed by atoms with Crippen LogP contribution in [0.5, 0.6) is 5.88 Å². The van der Waals surface area contributed by atoms with Crippen molar-refractivity contribution in [1.82, 2.24) is 15.3 Å². The van der Waals surface area contributed by atoms with Gasteiger partial charge in [-0.1, -0.05) is 0 Å². The number of ether oxygens (including phenoxy) is 1. The number of hydrogen-bond donors (Lipinski definition) is 1. The molecule has 1 aliphatic rings. The second-order valence-corrected chi connectivity index (χ2v) is 4.24. The Bertz CT molecular complexity index is 416. The Morgan fingerprint density at radius 3 is 2.56 bits per heavy atom. The molecule has 0 spiro atoms. The Balaban J connectivity index is 2.14. The molecule has 1 aromatic heterocycles. The Morgan fingerprint density at radius 1 is 1.28 bits per heavy atom. The molecule has 100 valence electrons. The molecule has 4 nitrogen and oxygen atoms in total. The number of halogens is 3. The summed E-state index contributed by atoms with van der Waals surface area (Å²) in [5, 5.41) is 3.15. The number of aryl methyl sites for hydroxylation is 1. The van der Waals surface area contributed by atoms with Gasteiger partial charge in [-0.3, -0.25) is 0 Å². The lowest BCUT2D eigenvalue weighted by Crippen LogP contribution is -2.34. The molecule has 0 aromatic carbocycles. The zero-order valence-electron chi connectivity index (χ0n) is 9.92. The van der Waals surface area contributed by atoms with Crippen LogP contribution >= 0.6 is 0 Å². The third kappa shape index (κ3) is 3.32. The van der Waals surface area contributed by atoms with Crippen LogP contribution < -0.4 is 10.1 Å². The average molecular weight is 261 g/mol. The highest BCUT2D eigenvalue weighted by Crippen LogP contribution is 2.28. The van der Waals surface area contributed by atoms with E-state index in [4.69, 9.17) is 4.74 Å². The van der Waals surface area contributed by atoms with Crippen LogP contribution in [0.1, 0.15) is 24.4 Å². The highest BCUT2D eigenvalue weighted by Gasteiger charge is 2.35. The first kappa shape index (κ1) is 13.1. The predicted octanol–water partition coefficient (Wildman–Crippen LogP) is 1.93. The van der Waals surface area contributed by atoms with Gasteiger partial charge in [0.15, 0.2) is 0 Å². The molecule has 2 rings (SSSR count). The third-order valence-electron chi connectivity index (χ3n) is 2.66. The molecule has 0 atom stereocenters. The van der Waals surface area contributed by atoms with E-state index in [0.29, 0.717) is 0 Å². The zero-order valence-corrected chi connectivity index (χ0v) is 9.92. The maximum Gasteiger partial charge on any atom is 0.451 e. The number of nitrogens with one attached hydrogen (secondary N) is 1. The summed E-state index contributed by atoms with van der Waals surface area (Å²) >= 11 is 0. The van der Waals surface area contributed by atoms with Gasteiger partial charge < -0.3 is 10.1 Å². The summed E-state index contributed by atoms with van der Waals surface area (Å²) in [4.78, 5) is 6.79. The molecule has 0 aliphatic carbocycles. The van der Waals surface area contributed by atoms with Crippen LogP contribution in [0.3, 0.4) is 0 Å². The van der Waals surface area contributed by atoms with Crippen LogP contribution in [0.2, 0.25) is 0 Å². The molecule has 0 unspecified atom stereocenters. The van der Waals surface area contributed by atoms with Gasteiger partial charge in [-0.15, -0.1) is 0 Å². The van der Waals surface area contributed by atoms with Crippen molar-refractivity contribution >= 4 is 0 Å². The van der Waals surface area contributed by atoms with Gasteiger partial charge in [-0.05, 0) is 32.9 Å². The monoisotopic (exact) mass is 261 g/mol. The Morgan fingerprint density at radius 2 is 1.94 bits per heavy atom. The van der Waals surface area contributed by atoms with Crippen molar-refractivity contribution in [2.24, 2.45) is 0 Å². The van der Waals surface area contributed by atoms with Gasteiger partial charge in [-0.25, -0.2) is 4.98 Å².